The summed E-state index contributed by atoms with van der Waals surface area (Å²) >= 11 is 0.980. The second kappa shape index (κ2) is 9.96. The zero-order chi connectivity index (χ0) is 20.8. The number of hydrogen-bond acceptors (Lipinski definition) is 3. The van der Waals surface area contributed by atoms with E-state index in [1.165, 1.54) is 4.90 Å². The molecule has 0 atom stereocenters. The number of carbonyl (C=O) groups is 2. The molecule has 30 heavy (non-hydrogen) atoms. The molecule has 7 heteroatoms. The number of benzene rings is 3. The van der Waals surface area contributed by atoms with Crippen molar-refractivity contribution < 1.29 is 14.3 Å². The summed E-state index contributed by atoms with van der Waals surface area (Å²) in [6, 6.07) is 28.4. The first-order valence-corrected chi connectivity index (χ1v) is 15.8. The van der Waals surface area contributed by atoms with Gasteiger partial charge in [0.2, 0.25) is 0 Å². The van der Waals surface area contributed by atoms with Gasteiger partial charge in [0.15, 0.2) is 0 Å². The standard InChI is InChI=1S/C23H20N2O3Se2/c26-21(25(23-29-30-23)20-14-8-3-9-15-20)16-24(19-12-6-2-7-13-19)22(27)28-17-18-10-4-1-5-11-18/h1-15,23H,16-17H2. The van der Waals surface area contributed by atoms with E-state index in [9.17, 15) is 9.59 Å². The van der Waals surface area contributed by atoms with Crippen LogP contribution >= 0.6 is 0 Å². The summed E-state index contributed by atoms with van der Waals surface area (Å²) in [6.07, 6.45) is -0.529. The molecule has 0 unspecified atom stereocenters. The van der Waals surface area contributed by atoms with Crippen molar-refractivity contribution in [2.24, 2.45) is 0 Å². The first kappa shape index (κ1) is 20.7. The summed E-state index contributed by atoms with van der Waals surface area (Å²) in [5.41, 5.74) is 2.43. The van der Waals surface area contributed by atoms with Crippen LogP contribution in [0, 0.1) is 0 Å². The van der Waals surface area contributed by atoms with Crippen LogP contribution in [0.2, 0.25) is 0 Å². The third kappa shape index (κ3) is 5.32. The first-order valence-electron chi connectivity index (χ1n) is 9.45. The summed E-state index contributed by atoms with van der Waals surface area (Å²) in [6.45, 7) is 0.101. The van der Waals surface area contributed by atoms with Gasteiger partial charge in [-0.05, 0) is 0 Å². The Morgan fingerprint density at radius 1 is 0.767 bits per heavy atom. The number of hydrogen-bond donors (Lipinski definition) is 0. The Labute approximate surface area is 186 Å². The van der Waals surface area contributed by atoms with Crippen LogP contribution in [0.15, 0.2) is 91.0 Å². The summed E-state index contributed by atoms with van der Waals surface area (Å²) in [5, 5.41) is 0. The van der Waals surface area contributed by atoms with Crippen molar-refractivity contribution in [1.29, 1.82) is 0 Å². The fraction of sp³-hybridized carbons (Fsp3) is 0.130. The van der Waals surface area contributed by atoms with Crippen LogP contribution in [-0.4, -0.2) is 48.6 Å². The van der Waals surface area contributed by atoms with E-state index in [-0.39, 0.29) is 19.1 Å². The maximum atomic E-state index is 13.3. The summed E-state index contributed by atoms with van der Waals surface area (Å²) in [4.78, 5) is 29.5. The molecule has 0 bridgehead atoms. The number of anilines is 2. The van der Waals surface area contributed by atoms with Crippen molar-refractivity contribution in [3.8, 4) is 0 Å². The fourth-order valence-corrected chi connectivity index (χ4v) is 6.85. The number of nitrogens with zero attached hydrogens (tertiary/aromatic N) is 2. The molecule has 1 saturated heterocycles. The van der Waals surface area contributed by atoms with Crippen LogP contribution in [0.4, 0.5) is 16.2 Å². The Morgan fingerprint density at radius 2 is 1.30 bits per heavy atom. The van der Waals surface area contributed by atoms with E-state index >= 15 is 0 Å². The number of para-hydroxylation sites is 2. The van der Waals surface area contributed by atoms with Crippen LogP contribution in [0.3, 0.4) is 0 Å². The van der Waals surface area contributed by atoms with E-state index in [1.807, 2.05) is 95.9 Å². The zero-order valence-corrected chi connectivity index (χ0v) is 19.5. The van der Waals surface area contributed by atoms with E-state index in [0.717, 1.165) is 11.3 Å². The van der Waals surface area contributed by atoms with Crippen molar-refractivity contribution in [2.75, 3.05) is 16.3 Å². The van der Waals surface area contributed by atoms with Crippen LogP contribution < -0.4 is 9.80 Å². The minimum absolute atomic E-state index is 0.0603. The number of carbonyl (C=O) groups excluding carboxylic acids is 2. The van der Waals surface area contributed by atoms with Crippen molar-refractivity contribution >= 4 is 49.6 Å². The molecule has 3 aromatic rings. The van der Waals surface area contributed by atoms with Gasteiger partial charge in [0.25, 0.3) is 0 Å². The molecule has 0 N–H and O–H groups in total. The van der Waals surface area contributed by atoms with Gasteiger partial charge in [0, 0.05) is 0 Å². The number of rotatable bonds is 7. The predicted molar refractivity (Wildman–Crippen MR) is 120 cm³/mol. The molecule has 0 spiro atoms. The molecule has 4 rings (SSSR count). The molecule has 0 radical (unpaired) electrons. The second-order valence-electron chi connectivity index (χ2n) is 6.56. The second-order valence-corrected chi connectivity index (χ2v) is 15.0. The van der Waals surface area contributed by atoms with Crippen molar-refractivity contribution in [3.05, 3.63) is 96.6 Å². The van der Waals surface area contributed by atoms with Gasteiger partial charge >= 0.3 is 187 Å². The molecule has 0 aromatic heterocycles. The monoisotopic (exact) mass is 532 g/mol. The molecule has 2 amide bonds. The van der Waals surface area contributed by atoms with E-state index in [1.54, 1.807) is 0 Å². The summed E-state index contributed by atoms with van der Waals surface area (Å²) in [5.74, 6) is -0.0898. The molecular weight excluding hydrogens is 510 g/mol. The van der Waals surface area contributed by atoms with Gasteiger partial charge in [0.1, 0.15) is 0 Å². The van der Waals surface area contributed by atoms with Crippen molar-refractivity contribution in [1.82, 2.24) is 0 Å². The minimum atomic E-state index is -0.529. The zero-order valence-electron chi connectivity index (χ0n) is 16.1. The molecule has 0 saturated carbocycles. The molecule has 3 aromatic carbocycles. The first-order chi connectivity index (χ1) is 14.7. The van der Waals surface area contributed by atoms with Gasteiger partial charge < -0.3 is 0 Å². The molecule has 0 aliphatic carbocycles. The SMILES string of the molecule is O=C(OCc1ccccc1)N(CC(=O)N(c1ccccc1)C1[Se][Se]1)c1ccccc1. The Balaban J connectivity index is 1.52. The van der Waals surface area contributed by atoms with Crippen LogP contribution in [0.1, 0.15) is 5.56 Å². The van der Waals surface area contributed by atoms with Gasteiger partial charge in [-0.15, -0.1) is 0 Å². The molecular formula is C23H20N2O3Se2. The third-order valence-electron chi connectivity index (χ3n) is 4.48. The topological polar surface area (TPSA) is 49.9 Å². The molecule has 1 aliphatic heterocycles. The van der Waals surface area contributed by atoms with Crippen LogP contribution in [0.25, 0.3) is 0 Å². The maximum absolute atomic E-state index is 13.3. The average Bonchev–Trinajstić information content (AvgIpc) is 3.63. The van der Waals surface area contributed by atoms with Gasteiger partial charge in [0.05, 0.1) is 0 Å². The van der Waals surface area contributed by atoms with E-state index < -0.39 is 6.09 Å². The Hall–Kier alpha value is -2.56. The molecule has 152 valence electrons. The fourth-order valence-electron chi connectivity index (χ4n) is 2.96. The van der Waals surface area contributed by atoms with Gasteiger partial charge in [-0.3, -0.25) is 0 Å². The summed E-state index contributed by atoms with van der Waals surface area (Å²) in [7, 11) is 0. The molecule has 1 aliphatic rings. The van der Waals surface area contributed by atoms with Crippen LogP contribution in [-0.2, 0) is 16.1 Å². The Kier molecular flexibility index (Phi) is 6.88. The van der Waals surface area contributed by atoms with Crippen LogP contribution in [0.5, 0.6) is 0 Å². The number of ether oxygens (including phenoxy) is 1. The molecule has 1 fully saturated rings. The Morgan fingerprint density at radius 3 is 1.87 bits per heavy atom. The number of amides is 2. The van der Waals surface area contributed by atoms with Gasteiger partial charge in [-0.2, -0.15) is 0 Å². The van der Waals surface area contributed by atoms with Gasteiger partial charge in [-0.25, -0.2) is 0 Å². The normalized spacial score (nSPS) is 12.8. The third-order valence-corrected chi connectivity index (χ3v) is 10.1. The van der Waals surface area contributed by atoms with E-state index in [0.29, 0.717) is 35.8 Å². The Bertz CT molecular complexity index is 983. The van der Waals surface area contributed by atoms with E-state index in [4.69, 9.17) is 4.74 Å². The van der Waals surface area contributed by atoms with Crippen molar-refractivity contribution in [3.63, 3.8) is 0 Å². The molecule has 5 nitrogen and oxygen atoms in total. The van der Waals surface area contributed by atoms with Crippen molar-refractivity contribution in [2.45, 2.75) is 10.4 Å². The quantitative estimate of drug-likeness (QED) is 0.440. The summed E-state index contributed by atoms with van der Waals surface area (Å²) < 4.78 is 5.85. The van der Waals surface area contributed by atoms with E-state index in [2.05, 4.69) is 0 Å². The average molecular weight is 530 g/mol. The molecule has 1 heterocycles. The predicted octanol–water partition coefficient (Wildman–Crippen LogP) is 3.48. The van der Waals surface area contributed by atoms with Gasteiger partial charge in [-0.1, -0.05) is 0 Å².